The lowest BCUT2D eigenvalue weighted by Crippen LogP contribution is -2.55. The number of likely N-dealkylation sites (tertiary alicyclic amines) is 1. The molecule has 0 bridgehead atoms. The normalized spacial score (nSPS) is 20.3. The summed E-state index contributed by atoms with van der Waals surface area (Å²) in [5, 5.41) is 0. The minimum absolute atomic E-state index is 0.0289. The molecule has 2 saturated heterocycles. The summed E-state index contributed by atoms with van der Waals surface area (Å²) in [7, 11) is 1.42. The van der Waals surface area contributed by atoms with Crippen molar-refractivity contribution in [3.05, 3.63) is 78.3 Å². The van der Waals surface area contributed by atoms with Crippen molar-refractivity contribution in [1.82, 2.24) is 14.9 Å². The zero-order valence-corrected chi connectivity index (χ0v) is 24.3. The summed E-state index contributed by atoms with van der Waals surface area (Å²) >= 11 is 0. The Balaban J connectivity index is 1.38. The first-order valence-corrected chi connectivity index (χ1v) is 14.1. The fourth-order valence-corrected chi connectivity index (χ4v) is 5.99. The van der Waals surface area contributed by atoms with E-state index in [1.165, 1.54) is 43.1 Å². The third-order valence-electron chi connectivity index (χ3n) is 8.15. The highest BCUT2D eigenvalue weighted by molar-refractivity contribution is 6.10. The molecule has 10 nitrogen and oxygen atoms in total. The van der Waals surface area contributed by atoms with Crippen molar-refractivity contribution in [3.63, 3.8) is 0 Å². The first-order chi connectivity index (χ1) is 21.3. The molecule has 2 aromatic heterocycles. The molecule has 6 rings (SSSR count). The van der Waals surface area contributed by atoms with Gasteiger partial charge in [0.1, 0.15) is 35.3 Å². The third-order valence-corrected chi connectivity index (χ3v) is 8.15. The van der Waals surface area contributed by atoms with Crippen LogP contribution in [-0.2, 0) is 20.6 Å². The first-order valence-electron chi connectivity index (χ1n) is 14.1. The highest BCUT2D eigenvalue weighted by Gasteiger charge is 2.50. The molecule has 3 amide bonds. The molecule has 5 heterocycles. The first kappa shape index (κ1) is 30.0. The lowest BCUT2D eigenvalue weighted by atomic mass is 9.95. The molecule has 2 fully saturated rings. The minimum Gasteiger partial charge on any atom is -0.471 e. The molecule has 2 atom stereocenters. The van der Waals surface area contributed by atoms with Gasteiger partial charge in [0.2, 0.25) is 23.6 Å². The quantitative estimate of drug-likeness (QED) is 0.309. The van der Waals surface area contributed by atoms with Crippen molar-refractivity contribution >= 4 is 40.7 Å². The molecular weight excluding hydrogens is 596 g/mol. The zero-order chi connectivity index (χ0) is 32.2. The average molecular weight is 625 g/mol. The second-order valence-corrected chi connectivity index (χ2v) is 11.2. The maximum absolute atomic E-state index is 15.6. The molecule has 0 spiro atoms. The van der Waals surface area contributed by atoms with E-state index in [-0.39, 0.29) is 59.6 Å². The van der Waals surface area contributed by atoms with E-state index in [1.807, 2.05) is 0 Å². The average Bonchev–Trinajstić information content (AvgIpc) is 3.30. The maximum Gasteiger partial charge on any atom is 0.416 e. The highest BCUT2D eigenvalue weighted by Crippen LogP contribution is 2.43. The minimum atomic E-state index is -4.70. The number of aromatic nitrogens is 2. The molecule has 3 aliphatic rings. The van der Waals surface area contributed by atoms with Gasteiger partial charge in [-0.3, -0.25) is 19.3 Å². The number of hydrogen-bond donors (Lipinski definition) is 0. The van der Waals surface area contributed by atoms with Gasteiger partial charge in [-0.15, -0.1) is 0 Å². The number of halogens is 4. The van der Waals surface area contributed by atoms with E-state index in [2.05, 4.69) is 16.5 Å². The maximum atomic E-state index is 15.6. The van der Waals surface area contributed by atoms with Crippen LogP contribution in [0, 0.1) is 18.7 Å². The number of likely N-dealkylation sites (N-methyl/N-ethyl adjacent to an activating group) is 1. The number of benzene rings is 1. The Bertz CT molecular complexity index is 1710. The molecule has 0 N–H and O–H groups in total. The summed E-state index contributed by atoms with van der Waals surface area (Å²) in [5.74, 6) is -2.62. The second kappa shape index (κ2) is 11.2. The number of hydrogen-bond acceptors (Lipinski definition) is 7. The van der Waals surface area contributed by atoms with Crippen molar-refractivity contribution in [1.29, 1.82) is 0 Å². The van der Waals surface area contributed by atoms with Gasteiger partial charge in [-0.1, -0.05) is 18.7 Å². The SMILES string of the molecule is C=CC(=O)N1CC(Oc2cccc(N3C[C@H]4CC(=O)N(c5cc(C(F)(F)F)cc(C)n5)[C@@H]4C(=O)N(C)c4cccc(F)c43)n2)C1. The van der Waals surface area contributed by atoms with Gasteiger partial charge in [-0.05, 0) is 43.3 Å². The molecule has 0 radical (unpaired) electrons. The summed E-state index contributed by atoms with van der Waals surface area (Å²) < 4.78 is 62.7. The number of rotatable bonds is 5. The molecule has 0 unspecified atom stereocenters. The van der Waals surface area contributed by atoms with E-state index in [0.29, 0.717) is 13.1 Å². The van der Waals surface area contributed by atoms with E-state index in [0.717, 1.165) is 17.0 Å². The van der Waals surface area contributed by atoms with Crippen LogP contribution in [0.5, 0.6) is 5.88 Å². The van der Waals surface area contributed by atoms with Gasteiger partial charge in [0, 0.05) is 37.7 Å². The van der Waals surface area contributed by atoms with Gasteiger partial charge in [0.15, 0.2) is 0 Å². The molecule has 3 aromatic rings. The third kappa shape index (κ3) is 5.44. The second-order valence-electron chi connectivity index (χ2n) is 11.2. The lowest BCUT2D eigenvalue weighted by molar-refractivity contribution is -0.137. The fraction of sp³-hybridized carbons (Fsp3) is 0.323. The number of para-hydroxylation sites is 1. The number of carbonyl (C=O) groups is 3. The number of nitrogens with zero attached hydrogens (tertiary/aromatic N) is 6. The van der Waals surface area contributed by atoms with Crippen LogP contribution in [0.1, 0.15) is 17.7 Å². The number of amides is 3. The van der Waals surface area contributed by atoms with Crippen LogP contribution in [0.15, 0.2) is 61.2 Å². The van der Waals surface area contributed by atoms with Crippen molar-refractivity contribution in [2.24, 2.45) is 5.92 Å². The largest absolute Gasteiger partial charge is 0.471 e. The van der Waals surface area contributed by atoms with Gasteiger partial charge in [-0.25, -0.2) is 9.37 Å². The van der Waals surface area contributed by atoms with Gasteiger partial charge in [0.05, 0.1) is 24.3 Å². The van der Waals surface area contributed by atoms with Crippen molar-refractivity contribution in [2.45, 2.75) is 31.7 Å². The van der Waals surface area contributed by atoms with Crippen LogP contribution in [0.25, 0.3) is 0 Å². The lowest BCUT2D eigenvalue weighted by Gasteiger charge is -2.39. The van der Waals surface area contributed by atoms with Gasteiger partial charge >= 0.3 is 6.18 Å². The predicted octanol–water partition coefficient (Wildman–Crippen LogP) is 4.25. The smallest absolute Gasteiger partial charge is 0.416 e. The predicted molar refractivity (Wildman–Crippen MR) is 156 cm³/mol. The number of anilines is 4. The van der Waals surface area contributed by atoms with E-state index in [4.69, 9.17) is 4.74 Å². The Morgan fingerprint density at radius 2 is 1.78 bits per heavy atom. The van der Waals surface area contributed by atoms with Crippen LogP contribution >= 0.6 is 0 Å². The highest BCUT2D eigenvalue weighted by atomic mass is 19.4. The molecule has 0 saturated carbocycles. The van der Waals surface area contributed by atoms with Crippen molar-refractivity contribution in [2.75, 3.05) is 41.4 Å². The Kier molecular flexibility index (Phi) is 7.45. The number of fused-ring (bicyclic) bond motifs is 2. The van der Waals surface area contributed by atoms with E-state index in [9.17, 15) is 27.6 Å². The summed E-state index contributed by atoms with van der Waals surface area (Å²) in [6, 6.07) is 9.53. The number of ether oxygens (including phenoxy) is 1. The van der Waals surface area contributed by atoms with Crippen LogP contribution in [-0.4, -0.2) is 71.4 Å². The molecule has 0 aliphatic carbocycles. The van der Waals surface area contributed by atoms with E-state index < -0.39 is 41.3 Å². The fourth-order valence-electron chi connectivity index (χ4n) is 5.99. The molecule has 45 heavy (non-hydrogen) atoms. The van der Waals surface area contributed by atoms with E-state index >= 15 is 4.39 Å². The monoisotopic (exact) mass is 624 g/mol. The van der Waals surface area contributed by atoms with Gasteiger partial charge in [-0.2, -0.15) is 18.2 Å². The van der Waals surface area contributed by atoms with Crippen LogP contribution in [0.3, 0.4) is 0 Å². The summed E-state index contributed by atoms with van der Waals surface area (Å²) in [5.41, 5.74) is -0.744. The summed E-state index contributed by atoms with van der Waals surface area (Å²) in [4.78, 5) is 53.4. The van der Waals surface area contributed by atoms with E-state index in [1.54, 1.807) is 28.0 Å². The molecule has 1 aromatic carbocycles. The molecule has 3 aliphatic heterocycles. The Labute approximate surface area is 255 Å². The van der Waals surface area contributed by atoms with Crippen molar-refractivity contribution < 1.29 is 36.7 Å². The van der Waals surface area contributed by atoms with Gasteiger partial charge < -0.3 is 19.4 Å². The Hall–Kier alpha value is -5.01. The summed E-state index contributed by atoms with van der Waals surface area (Å²) in [6.45, 7) is 5.47. The Morgan fingerprint density at radius 3 is 2.49 bits per heavy atom. The standard InChI is InChI=1S/C31H28F4N6O4/c1-4-26(42)39-15-20(16-39)45-25-10-6-9-23(37-25)40-14-18-12-27(43)41(24-13-19(31(33,34)35)11-17(2)36-24)28(18)30(44)38(3)22-8-5-7-21(32)29(22)40/h4-11,13,18,20,28H,1,12,14-16H2,2-3H3/t18-,28+/m1/s1. The molecular formula is C31H28F4N6O4. The number of alkyl halides is 3. The molecule has 14 heteroatoms. The topological polar surface area (TPSA) is 99.2 Å². The number of pyridine rings is 2. The Morgan fingerprint density at radius 1 is 1.04 bits per heavy atom. The van der Waals surface area contributed by atoms with Crippen molar-refractivity contribution in [3.8, 4) is 5.88 Å². The van der Waals surface area contributed by atoms with Crippen LogP contribution < -0.4 is 19.4 Å². The number of aryl methyl sites for hydroxylation is 1. The van der Waals surface area contributed by atoms with Gasteiger partial charge in [0.25, 0.3) is 0 Å². The zero-order valence-electron chi connectivity index (χ0n) is 24.3. The van der Waals surface area contributed by atoms with Crippen LogP contribution in [0.2, 0.25) is 0 Å². The molecule has 234 valence electrons. The number of carbonyl (C=O) groups excluding carboxylic acids is 3. The van der Waals surface area contributed by atoms with Crippen LogP contribution in [0.4, 0.5) is 40.6 Å². The summed E-state index contributed by atoms with van der Waals surface area (Å²) in [6.07, 6.45) is -3.99.